The van der Waals surface area contributed by atoms with E-state index < -0.39 is 0 Å². The van der Waals surface area contributed by atoms with Crippen LogP contribution in [0.1, 0.15) is 11.1 Å². The number of hydrogen-bond acceptors (Lipinski definition) is 4. The lowest BCUT2D eigenvalue weighted by atomic mass is 10.1. The van der Waals surface area contributed by atoms with Crippen LogP contribution in [-0.4, -0.2) is 26.7 Å². The van der Waals surface area contributed by atoms with E-state index in [0.717, 1.165) is 14.7 Å². The van der Waals surface area contributed by atoms with Crippen LogP contribution in [0.4, 0.5) is 0 Å². The van der Waals surface area contributed by atoms with Crippen molar-refractivity contribution in [3.8, 4) is 17.6 Å². The number of amides is 1. The van der Waals surface area contributed by atoms with Gasteiger partial charge in [0, 0.05) is 10.1 Å². The van der Waals surface area contributed by atoms with Crippen molar-refractivity contribution in [1.29, 1.82) is 5.26 Å². The third kappa shape index (κ3) is 5.23. The van der Waals surface area contributed by atoms with E-state index in [1.54, 1.807) is 20.3 Å². The first-order valence-corrected chi connectivity index (χ1v) is 9.02. The lowest BCUT2D eigenvalue weighted by molar-refractivity contribution is -0.117. The van der Waals surface area contributed by atoms with Crippen LogP contribution >= 0.6 is 22.6 Å². The molecule has 0 unspecified atom stereocenters. The maximum atomic E-state index is 12.3. The summed E-state index contributed by atoms with van der Waals surface area (Å²) in [6.45, 7) is 0.416. The van der Waals surface area contributed by atoms with Crippen LogP contribution in [0.3, 0.4) is 0 Å². The van der Waals surface area contributed by atoms with Gasteiger partial charge in [-0.1, -0.05) is 24.3 Å². The van der Waals surface area contributed by atoms with E-state index in [-0.39, 0.29) is 11.5 Å². The van der Waals surface area contributed by atoms with Gasteiger partial charge in [-0.2, -0.15) is 5.26 Å². The van der Waals surface area contributed by atoms with Crippen molar-refractivity contribution in [2.24, 2.45) is 0 Å². The normalized spacial score (nSPS) is 10.8. The first kappa shape index (κ1) is 19.8. The summed E-state index contributed by atoms with van der Waals surface area (Å²) < 4.78 is 11.5. The number of benzene rings is 2. The van der Waals surface area contributed by atoms with Gasteiger partial charge in [0.05, 0.1) is 14.2 Å². The number of nitrogens with zero attached hydrogens (tertiary/aromatic N) is 1. The molecule has 0 radical (unpaired) electrons. The molecule has 1 amide bonds. The maximum Gasteiger partial charge on any atom is 0.261 e. The Balaban J connectivity index is 1.99. The average molecular weight is 462 g/mol. The van der Waals surface area contributed by atoms with E-state index in [1.165, 1.54) is 0 Å². The zero-order valence-corrected chi connectivity index (χ0v) is 16.7. The highest BCUT2D eigenvalue weighted by Gasteiger charge is 2.10. The Morgan fingerprint density at radius 3 is 2.58 bits per heavy atom. The smallest absolute Gasteiger partial charge is 0.261 e. The van der Waals surface area contributed by atoms with Crippen molar-refractivity contribution in [3.63, 3.8) is 0 Å². The van der Waals surface area contributed by atoms with Gasteiger partial charge in [-0.25, -0.2) is 0 Å². The van der Waals surface area contributed by atoms with Gasteiger partial charge in [-0.15, -0.1) is 0 Å². The summed E-state index contributed by atoms with van der Waals surface area (Å²) in [7, 11) is 3.17. The quantitative estimate of drug-likeness (QED) is 0.388. The molecule has 5 nitrogen and oxygen atoms in total. The van der Waals surface area contributed by atoms with Gasteiger partial charge in [0.25, 0.3) is 5.91 Å². The number of nitriles is 1. The molecule has 0 fully saturated rings. The standard InChI is InChI=1S/C20H19IN2O3/c1-25-18-8-7-14(11-19(18)26-2)9-10-23-20(24)16(13-22)12-15-5-3-4-6-17(15)21/h3-8,11-12H,9-10H2,1-2H3,(H,23,24)/b16-12+. The summed E-state index contributed by atoms with van der Waals surface area (Å²) >= 11 is 2.17. The van der Waals surface area contributed by atoms with Crippen LogP contribution in [0, 0.1) is 14.9 Å². The van der Waals surface area contributed by atoms with Crippen LogP contribution < -0.4 is 14.8 Å². The summed E-state index contributed by atoms with van der Waals surface area (Å²) in [5.41, 5.74) is 1.93. The molecular formula is C20H19IN2O3. The van der Waals surface area contributed by atoms with Gasteiger partial charge in [-0.3, -0.25) is 4.79 Å². The van der Waals surface area contributed by atoms with E-state index in [9.17, 15) is 10.1 Å². The number of nitrogens with one attached hydrogen (secondary N) is 1. The van der Waals surface area contributed by atoms with Gasteiger partial charge >= 0.3 is 0 Å². The predicted octanol–water partition coefficient (Wildman–Crippen LogP) is 3.57. The fourth-order valence-corrected chi connectivity index (χ4v) is 2.89. The number of ether oxygens (including phenoxy) is 2. The Bertz CT molecular complexity index is 856. The number of methoxy groups -OCH3 is 2. The number of rotatable bonds is 7. The minimum Gasteiger partial charge on any atom is -0.493 e. The summed E-state index contributed by atoms with van der Waals surface area (Å²) in [5.74, 6) is 0.924. The molecule has 0 aliphatic rings. The second-order valence-corrected chi connectivity index (χ2v) is 6.55. The Kier molecular flexibility index (Phi) is 7.48. The van der Waals surface area contributed by atoms with Gasteiger partial charge in [0.2, 0.25) is 0 Å². The van der Waals surface area contributed by atoms with Crippen molar-refractivity contribution >= 4 is 34.6 Å². The van der Waals surface area contributed by atoms with Gasteiger partial charge in [0.15, 0.2) is 11.5 Å². The third-order valence-corrected chi connectivity index (χ3v) is 4.70. The molecule has 2 aromatic rings. The van der Waals surface area contributed by atoms with Crippen LogP contribution in [-0.2, 0) is 11.2 Å². The monoisotopic (exact) mass is 462 g/mol. The fraction of sp³-hybridized carbons (Fsp3) is 0.200. The van der Waals surface area contributed by atoms with Crippen LogP contribution in [0.5, 0.6) is 11.5 Å². The van der Waals surface area contributed by atoms with Crippen molar-refractivity contribution in [2.75, 3.05) is 20.8 Å². The highest BCUT2D eigenvalue weighted by Crippen LogP contribution is 2.27. The predicted molar refractivity (Wildman–Crippen MR) is 109 cm³/mol. The largest absolute Gasteiger partial charge is 0.493 e. The Hall–Kier alpha value is -2.53. The van der Waals surface area contributed by atoms with Crippen LogP contribution in [0.25, 0.3) is 6.08 Å². The van der Waals surface area contributed by atoms with Gasteiger partial charge in [-0.05, 0) is 64.4 Å². The number of hydrogen-bond donors (Lipinski definition) is 1. The SMILES string of the molecule is COc1ccc(CCNC(=O)/C(C#N)=C/c2ccccc2I)cc1OC. The molecule has 0 spiro atoms. The molecular weight excluding hydrogens is 443 g/mol. The minimum absolute atomic E-state index is 0.0847. The molecule has 1 N–H and O–H groups in total. The molecule has 0 atom stereocenters. The summed E-state index contributed by atoms with van der Waals surface area (Å²) in [6, 6.07) is 15.2. The lowest BCUT2D eigenvalue weighted by Gasteiger charge is -2.10. The van der Waals surface area contributed by atoms with E-state index in [0.29, 0.717) is 24.5 Å². The van der Waals surface area contributed by atoms with E-state index in [4.69, 9.17) is 9.47 Å². The minimum atomic E-state index is -0.382. The first-order valence-electron chi connectivity index (χ1n) is 7.94. The summed E-state index contributed by atoms with van der Waals surface area (Å²) in [6.07, 6.45) is 2.22. The highest BCUT2D eigenvalue weighted by atomic mass is 127. The molecule has 2 aromatic carbocycles. The van der Waals surface area contributed by atoms with Crippen molar-refractivity contribution in [3.05, 3.63) is 62.7 Å². The van der Waals surface area contributed by atoms with Gasteiger partial charge < -0.3 is 14.8 Å². The molecule has 0 aliphatic heterocycles. The zero-order chi connectivity index (χ0) is 18.9. The van der Waals surface area contributed by atoms with Crippen LogP contribution in [0.15, 0.2) is 48.0 Å². The Labute approximate surface area is 166 Å². The molecule has 134 valence electrons. The molecule has 0 aromatic heterocycles. The van der Waals surface area contributed by atoms with Crippen molar-refractivity contribution in [2.45, 2.75) is 6.42 Å². The molecule has 26 heavy (non-hydrogen) atoms. The number of halogens is 1. The second-order valence-electron chi connectivity index (χ2n) is 5.39. The lowest BCUT2D eigenvalue weighted by Crippen LogP contribution is -2.26. The number of carbonyl (C=O) groups excluding carboxylic acids is 1. The summed E-state index contributed by atoms with van der Waals surface area (Å²) in [4.78, 5) is 12.3. The fourth-order valence-electron chi connectivity index (χ4n) is 2.35. The molecule has 0 heterocycles. The average Bonchev–Trinajstić information content (AvgIpc) is 2.67. The van der Waals surface area contributed by atoms with Gasteiger partial charge in [0.1, 0.15) is 11.6 Å². The van der Waals surface area contributed by atoms with Crippen LogP contribution in [0.2, 0.25) is 0 Å². The van der Waals surface area contributed by atoms with Crippen molar-refractivity contribution in [1.82, 2.24) is 5.32 Å². The number of carbonyl (C=O) groups is 1. The van der Waals surface area contributed by atoms with E-state index >= 15 is 0 Å². The molecule has 6 heteroatoms. The molecule has 0 saturated carbocycles. The zero-order valence-electron chi connectivity index (χ0n) is 14.6. The molecule has 0 aliphatic carbocycles. The molecule has 0 saturated heterocycles. The Morgan fingerprint density at radius 1 is 1.19 bits per heavy atom. The molecule has 0 bridgehead atoms. The Morgan fingerprint density at radius 2 is 1.92 bits per heavy atom. The third-order valence-electron chi connectivity index (χ3n) is 3.72. The second kappa shape index (κ2) is 9.82. The first-order chi connectivity index (χ1) is 12.6. The topological polar surface area (TPSA) is 71.3 Å². The van der Waals surface area contributed by atoms with E-state index in [1.807, 2.05) is 48.5 Å². The highest BCUT2D eigenvalue weighted by molar-refractivity contribution is 14.1. The molecule has 2 rings (SSSR count). The maximum absolute atomic E-state index is 12.3. The summed E-state index contributed by atoms with van der Waals surface area (Å²) in [5, 5.41) is 12.1. The van der Waals surface area contributed by atoms with Crippen molar-refractivity contribution < 1.29 is 14.3 Å². The van der Waals surface area contributed by atoms with E-state index in [2.05, 4.69) is 27.9 Å².